The first-order valence-electron chi connectivity index (χ1n) is 5.44. The van der Waals surface area contributed by atoms with Crippen LogP contribution in [0.15, 0.2) is 11.0 Å². The van der Waals surface area contributed by atoms with E-state index in [-0.39, 0.29) is 41.7 Å². The van der Waals surface area contributed by atoms with Crippen LogP contribution in [0.2, 0.25) is 0 Å². The van der Waals surface area contributed by atoms with Gasteiger partial charge in [-0.05, 0) is 13.3 Å². The predicted molar refractivity (Wildman–Crippen MR) is 56.2 cm³/mol. The van der Waals surface area contributed by atoms with Crippen LogP contribution in [0.1, 0.15) is 29.5 Å². The molecule has 0 saturated carbocycles. The lowest BCUT2D eigenvalue weighted by molar-refractivity contribution is -0.683. The molecule has 0 unspecified atom stereocenters. The Labute approximate surface area is 116 Å². The van der Waals surface area contributed by atoms with Crippen molar-refractivity contribution in [2.24, 2.45) is 7.05 Å². The summed E-state index contributed by atoms with van der Waals surface area (Å²) in [7, 11) is 1.85. The Bertz CT molecular complexity index is 496. The summed E-state index contributed by atoms with van der Waals surface area (Å²) in [6.45, 7) is 2.70. The number of halogens is 1. The monoisotopic (exact) mass is 350 g/mol. The van der Waals surface area contributed by atoms with Crippen LogP contribution in [0.4, 0.5) is 0 Å². The van der Waals surface area contributed by atoms with Gasteiger partial charge in [-0.3, -0.25) is 0 Å². The number of hydrogen-bond donors (Lipinski definition) is 0. The molecule has 1 aromatic heterocycles. The van der Waals surface area contributed by atoms with Crippen LogP contribution >= 0.6 is 0 Å². The van der Waals surface area contributed by atoms with Crippen molar-refractivity contribution in [3.05, 3.63) is 27.9 Å². The minimum atomic E-state index is -0.537. The molecule has 0 bridgehead atoms. The number of aromatic nitrogens is 2. The van der Waals surface area contributed by atoms with Crippen LogP contribution in [0.25, 0.3) is 0 Å². The van der Waals surface area contributed by atoms with Crippen molar-refractivity contribution in [2.45, 2.75) is 26.3 Å². The molecule has 0 fully saturated rings. The van der Waals surface area contributed by atoms with E-state index in [1.807, 2.05) is 11.6 Å². The topological polar surface area (TPSA) is 52.2 Å². The normalized spacial score (nSPS) is 12.8. The number of ether oxygens (including phenoxy) is 1. The first kappa shape index (κ1) is 14.1. The maximum Gasteiger partial charge on any atom is 0.352 e. The second-order valence-electron chi connectivity index (χ2n) is 3.85. The Kier molecular flexibility index (Phi) is 4.67. The summed E-state index contributed by atoms with van der Waals surface area (Å²) in [4.78, 5) is 23.5. The zero-order chi connectivity index (χ0) is 11.7. The van der Waals surface area contributed by atoms with Gasteiger partial charge in [-0.2, -0.15) is 4.57 Å². The van der Waals surface area contributed by atoms with Gasteiger partial charge in [-0.25, -0.2) is 14.2 Å². The fourth-order valence-electron chi connectivity index (χ4n) is 2.06. The van der Waals surface area contributed by atoms with Crippen LogP contribution in [0.5, 0.6) is 0 Å². The number of nitrogens with zero attached hydrogens (tertiary/aromatic N) is 2. The summed E-state index contributed by atoms with van der Waals surface area (Å²) in [5.74, 6) is 0.434. The molecule has 5 nitrogen and oxygen atoms in total. The van der Waals surface area contributed by atoms with Crippen molar-refractivity contribution in [3.8, 4) is 0 Å². The third-order valence-electron chi connectivity index (χ3n) is 2.79. The van der Waals surface area contributed by atoms with E-state index in [0.717, 1.165) is 18.7 Å². The van der Waals surface area contributed by atoms with Crippen LogP contribution < -0.4 is 34.1 Å². The maximum absolute atomic E-state index is 12.0. The molecule has 94 valence electrons. The number of esters is 1. The smallest absolute Gasteiger partial charge is 0.352 e. The molecule has 0 atom stereocenters. The minimum Gasteiger partial charge on any atom is -1.00 e. The molecule has 0 radical (unpaired) electrons. The summed E-state index contributed by atoms with van der Waals surface area (Å²) in [6.07, 6.45) is 3.40. The van der Waals surface area contributed by atoms with Crippen molar-refractivity contribution in [2.75, 3.05) is 6.61 Å². The lowest BCUT2D eigenvalue weighted by Crippen LogP contribution is -3.00. The molecule has 0 saturated heterocycles. The highest BCUT2D eigenvalue weighted by molar-refractivity contribution is 5.88. The van der Waals surface area contributed by atoms with E-state index in [9.17, 15) is 9.59 Å². The highest BCUT2D eigenvalue weighted by atomic mass is 127. The van der Waals surface area contributed by atoms with Crippen LogP contribution in [-0.4, -0.2) is 17.1 Å². The van der Waals surface area contributed by atoms with Gasteiger partial charge < -0.3 is 28.7 Å². The summed E-state index contributed by atoms with van der Waals surface area (Å²) in [6, 6.07) is 0. The quantitative estimate of drug-likeness (QED) is 0.321. The predicted octanol–water partition coefficient (Wildman–Crippen LogP) is -3.20. The molecule has 1 aliphatic heterocycles. The zero-order valence-electron chi connectivity index (χ0n) is 9.90. The zero-order valence-corrected chi connectivity index (χ0v) is 12.1. The van der Waals surface area contributed by atoms with Crippen LogP contribution in [0.3, 0.4) is 0 Å². The molecule has 0 N–H and O–H groups in total. The highest BCUT2D eigenvalue weighted by Gasteiger charge is 2.28. The van der Waals surface area contributed by atoms with Crippen molar-refractivity contribution in [3.63, 3.8) is 0 Å². The van der Waals surface area contributed by atoms with E-state index < -0.39 is 5.97 Å². The molecule has 0 amide bonds. The van der Waals surface area contributed by atoms with Gasteiger partial charge in [0.1, 0.15) is 6.20 Å². The second-order valence-corrected chi connectivity index (χ2v) is 3.85. The van der Waals surface area contributed by atoms with Gasteiger partial charge >= 0.3 is 11.5 Å². The molecular weight excluding hydrogens is 335 g/mol. The Morgan fingerprint density at radius 3 is 2.94 bits per heavy atom. The molecule has 0 aromatic carbocycles. The van der Waals surface area contributed by atoms with Crippen molar-refractivity contribution in [1.29, 1.82) is 0 Å². The molecule has 1 aliphatic rings. The summed E-state index contributed by atoms with van der Waals surface area (Å²) < 4.78 is 8.35. The Morgan fingerprint density at radius 1 is 1.59 bits per heavy atom. The third kappa shape index (κ3) is 2.51. The van der Waals surface area contributed by atoms with Crippen molar-refractivity contribution < 1.29 is 38.1 Å². The summed E-state index contributed by atoms with van der Waals surface area (Å²) in [5, 5.41) is 0. The third-order valence-corrected chi connectivity index (χ3v) is 2.79. The largest absolute Gasteiger partial charge is 1.00 e. The molecule has 2 rings (SSSR count). The summed E-state index contributed by atoms with van der Waals surface area (Å²) in [5.41, 5.74) is -0.112. The van der Waals surface area contributed by atoms with Crippen LogP contribution in [0, 0.1) is 0 Å². The number of carbonyl (C=O) groups is 1. The van der Waals surface area contributed by atoms with Gasteiger partial charge in [0.25, 0.3) is 5.82 Å². The number of rotatable bonds is 2. The number of carbonyl (C=O) groups excluding carboxylic acids is 1. The average Bonchev–Trinajstić information content (AvgIpc) is 2.73. The molecule has 17 heavy (non-hydrogen) atoms. The standard InChI is InChI=1S/C11H15N2O3.HI/c1-3-16-11(15)8-7-12(2)9-5-4-6-13(9)10(8)14;/h7H,3-6H2,1-2H3;1H/q+1;/p-1. The van der Waals surface area contributed by atoms with Crippen molar-refractivity contribution >= 4 is 5.97 Å². The molecule has 0 spiro atoms. The van der Waals surface area contributed by atoms with E-state index in [1.54, 1.807) is 17.7 Å². The van der Waals surface area contributed by atoms with Gasteiger partial charge in [-0.1, -0.05) is 0 Å². The molecule has 0 aliphatic carbocycles. The average molecular weight is 350 g/mol. The SMILES string of the molecule is CCOC(=O)c1c[n+](C)c2n(c1=O)CCC2.[I-]. The molecule has 6 heteroatoms. The van der Waals surface area contributed by atoms with E-state index in [1.165, 1.54) is 0 Å². The van der Waals surface area contributed by atoms with E-state index in [0.29, 0.717) is 6.54 Å². The molecule has 2 heterocycles. The fraction of sp³-hybridized carbons (Fsp3) is 0.545. The van der Waals surface area contributed by atoms with Gasteiger partial charge in [0.2, 0.25) is 0 Å². The molecule has 1 aromatic rings. The second kappa shape index (κ2) is 5.61. The first-order valence-corrected chi connectivity index (χ1v) is 5.44. The van der Waals surface area contributed by atoms with Gasteiger partial charge in [0.15, 0.2) is 5.56 Å². The minimum absolute atomic E-state index is 0. The number of hydrogen-bond acceptors (Lipinski definition) is 3. The number of fused-ring (bicyclic) bond motifs is 1. The summed E-state index contributed by atoms with van der Waals surface area (Å²) >= 11 is 0. The van der Waals surface area contributed by atoms with E-state index >= 15 is 0 Å². The fourth-order valence-corrected chi connectivity index (χ4v) is 2.06. The van der Waals surface area contributed by atoms with Gasteiger partial charge in [0, 0.05) is 0 Å². The van der Waals surface area contributed by atoms with Gasteiger partial charge in [-0.15, -0.1) is 0 Å². The lowest BCUT2D eigenvalue weighted by Gasteiger charge is -2.03. The van der Waals surface area contributed by atoms with E-state index in [4.69, 9.17) is 4.74 Å². The van der Waals surface area contributed by atoms with Gasteiger partial charge in [0.05, 0.1) is 26.6 Å². The molecular formula is C11H15IN2O3. The maximum atomic E-state index is 12.0. The van der Waals surface area contributed by atoms with Crippen LogP contribution in [-0.2, 0) is 24.8 Å². The van der Waals surface area contributed by atoms with Crippen molar-refractivity contribution in [1.82, 2.24) is 4.57 Å². The first-order chi connectivity index (χ1) is 7.65. The number of aryl methyl sites for hydroxylation is 1. The Hall–Kier alpha value is -0.920. The Balaban J connectivity index is 0.00000144. The lowest BCUT2D eigenvalue weighted by atomic mass is 10.3. The highest BCUT2D eigenvalue weighted by Crippen LogP contribution is 2.07. The Morgan fingerprint density at radius 2 is 2.29 bits per heavy atom. The van der Waals surface area contributed by atoms with E-state index in [2.05, 4.69) is 0 Å².